The number of benzene rings is 1. The monoisotopic (exact) mass is 264 g/mol. The van der Waals surface area contributed by atoms with Gasteiger partial charge in [0.05, 0.1) is 0 Å². The summed E-state index contributed by atoms with van der Waals surface area (Å²) in [5.41, 5.74) is 13.1. The van der Waals surface area contributed by atoms with Crippen LogP contribution in [0.1, 0.15) is 11.1 Å². The first-order valence-electron chi connectivity index (χ1n) is 5.32. The molecule has 2 rings (SSSR count). The van der Waals surface area contributed by atoms with Crippen LogP contribution in [-0.2, 0) is 5.75 Å². The second-order valence-corrected chi connectivity index (χ2v) is 4.80. The molecule has 0 unspecified atom stereocenters. The minimum absolute atomic E-state index is 0.231. The summed E-state index contributed by atoms with van der Waals surface area (Å²) < 4.78 is 13.0. The van der Waals surface area contributed by atoms with Crippen molar-refractivity contribution in [2.75, 3.05) is 11.5 Å². The maximum atomic E-state index is 13.0. The van der Waals surface area contributed by atoms with Crippen molar-refractivity contribution < 1.29 is 4.39 Å². The number of aryl methyl sites for hydroxylation is 1. The van der Waals surface area contributed by atoms with Gasteiger partial charge in [0.15, 0.2) is 5.16 Å². The zero-order valence-electron chi connectivity index (χ0n) is 9.85. The molecule has 0 aliphatic rings. The molecule has 0 aliphatic carbocycles. The highest BCUT2D eigenvalue weighted by atomic mass is 32.2. The normalized spacial score (nSPS) is 10.6. The molecule has 0 aliphatic heterocycles. The molecular formula is C12H13FN4S. The number of aromatic nitrogens is 2. The molecule has 1 aromatic heterocycles. The van der Waals surface area contributed by atoms with E-state index in [1.165, 1.54) is 30.0 Å². The van der Waals surface area contributed by atoms with Crippen LogP contribution in [0, 0.1) is 12.7 Å². The molecule has 4 nitrogen and oxygen atoms in total. The molecule has 6 heteroatoms. The molecular weight excluding hydrogens is 251 g/mol. The number of nitrogen functional groups attached to an aromatic ring is 2. The number of nitrogens with zero attached hydrogens (tertiary/aromatic N) is 2. The maximum absolute atomic E-state index is 13.0. The van der Waals surface area contributed by atoms with Gasteiger partial charge in [0.1, 0.15) is 17.5 Å². The van der Waals surface area contributed by atoms with Gasteiger partial charge in [-0.2, -0.15) is 0 Å². The molecule has 0 radical (unpaired) electrons. The first kappa shape index (κ1) is 12.6. The summed E-state index contributed by atoms with van der Waals surface area (Å²) in [5, 5.41) is 0.524. The number of rotatable bonds is 3. The summed E-state index contributed by atoms with van der Waals surface area (Å²) in [6.45, 7) is 1.87. The molecule has 94 valence electrons. The van der Waals surface area contributed by atoms with Crippen LogP contribution < -0.4 is 11.5 Å². The van der Waals surface area contributed by atoms with E-state index >= 15 is 0 Å². The van der Waals surface area contributed by atoms with Crippen LogP contribution in [0.3, 0.4) is 0 Å². The van der Waals surface area contributed by atoms with Crippen molar-refractivity contribution in [3.63, 3.8) is 0 Å². The highest BCUT2D eigenvalue weighted by Crippen LogP contribution is 2.23. The predicted molar refractivity (Wildman–Crippen MR) is 71.6 cm³/mol. The van der Waals surface area contributed by atoms with Gasteiger partial charge in [-0.05, 0) is 30.2 Å². The quantitative estimate of drug-likeness (QED) is 0.657. The number of hydrogen-bond acceptors (Lipinski definition) is 5. The third-order valence-electron chi connectivity index (χ3n) is 2.41. The lowest BCUT2D eigenvalue weighted by Crippen LogP contribution is -1.99. The third-order valence-corrected chi connectivity index (χ3v) is 3.30. The van der Waals surface area contributed by atoms with Gasteiger partial charge in [0.2, 0.25) is 0 Å². The van der Waals surface area contributed by atoms with Crippen molar-refractivity contribution >= 4 is 23.4 Å². The summed E-state index contributed by atoms with van der Waals surface area (Å²) in [6, 6.07) is 6.21. The Balaban J connectivity index is 2.11. The summed E-state index contributed by atoms with van der Waals surface area (Å²) >= 11 is 1.42. The minimum Gasteiger partial charge on any atom is -0.383 e. The largest absolute Gasteiger partial charge is 0.383 e. The van der Waals surface area contributed by atoms with Gasteiger partial charge in [-0.15, -0.1) is 0 Å². The van der Waals surface area contributed by atoms with Gasteiger partial charge in [-0.3, -0.25) is 0 Å². The Morgan fingerprint density at radius 3 is 2.44 bits per heavy atom. The van der Waals surface area contributed by atoms with Gasteiger partial charge in [0, 0.05) is 11.8 Å². The highest BCUT2D eigenvalue weighted by Gasteiger charge is 2.05. The molecule has 18 heavy (non-hydrogen) atoms. The smallest absolute Gasteiger partial charge is 0.191 e. The first-order valence-corrected chi connectivity index (χ1v) is 6.31. The summed E-state index contributed by atoms with van der Waals surface area (Å²) in [6.07, 6.45) is 0. The van der Waals surface area contributed by atoms with Crippen LogP contribution in [-0.4, -0.2) is 9.97 Å². The highest BCUT2D eigenvalue weighted by molar-refractivity contribution is 7.98. The second kappa shape index (κ2) is 5.22. The van der Waals surface area contributed by atoms with Crippen LogP contribution >= 0.6 is 11.8 Å². The summed E-state index contributed by atoms with van der Waals surface area (Å²) in [4.78, 5) is 8.14. The number of anilines is 2. The van der Waals surface area contributed by atoms with Crippen LogP contribution in [0.25, 0.3) is 0 Å². The Morgan fingerprint density at radius 1 is 1.17 bits per heavy atom. The second-order valence-electron chi connectivity index (χ2n) is 3.86. The van der Waals surface area contributed by atoms with Crippen LogP contribution in [0.2, 0.25) is 0 Å². The molecule has 0 atom stereocenters. The lowest BCUT2D eigenvalue weighted by molar-refractivity contribution is 0.626. The van der Waals surface area contributed by atoms with Crippen molar-refractivity contribution in [1.29, 1.82) is 0 Å². The molecule has 4 N–H and O–H groups in total. The zero-order chi connectivity index (χ0) is 13.1. The van der Waals surface area contributed by atoms with E-state index in [2.05, 4.69) is 9.97 Å². The van der Waals surface area contributed by atoms with Gasteiger partial charge >= 0.3 is 0 Å². The Labute approximate surface area is 109 Å². The van der Waals surface area contributed by atoms with Crippen molar-refractivity contribution in [2.45, 2.75) is 17.8 Å². The number of halogens is 1. The topological polar surface area (TPSA) is 77.8 Å². The number of nitrogens with two attached hydrogens (primary N) is 2. The fraction of sp³-hybridized carbons (Fsp3) is 0.167. The fourth-order valence-electron chi connectivity index (χ4n) is 1.49. The molecule has 0 saturated heterocycles. The van der Waals surface area contributed by atoms with E-state index in [9.17, 15) is 4.39 Å². The number of thioether (sulfide) groups is 1. The zero-order valence-corrected chi connectivity index (χ0v) is 10.7. The van der Waals surface area contributed by atoms with E-state index in [1.54, 1.807) is 6.07 Å². The fourth-order valence-corrected chi connectivity index (χ4v) is 2.44. The molecule has 1 heterocycles. The Morgan fingerprint density at radius 2 is 1.83 bits per heavy atom. The maximum Gasteiger partial charge on any atom is 0.191 e. The van der Waals surface area contributed by atoms with Gasteiger partial charge in [-0.25, -0.2) is 14.4 Å². The van der Waals surface area contributed by atoms with E-state index in [0.29, 0.717) is 22.5 Å². The predicted octanol–water partition coefficient (Wildman–Crippen LogP) is 2.38. The van der Waals surface area contributed by atoms with Crippen LogP contribution in [0.4, 0.5) is 16.0 Å². The van der Waals surface area contributed by atoms with Gasteiger partial charge in [-0.1, -0.05) is 17.8 Å². The lowest BCUT2D eigenvalue weighted by Gasteiger charge is -2.05. The van der Waals surface area contributed by atoms with E-state index < -0.39 is 0 Å². The molecule has 2 aromatic rings. The van der Waals surface area contributed by atoms with E-state index in [4.69, 9.17) is 11.5 Å². The molecule has 0 saturated carbocycles. The Kier molecular flexibility index (Phi) is 3.66. The molecule has 0 spiro atoms. The first-order chi connectivity index (χ1) is 8.54. The molecule has 0 fully saturated rings. The Hall–Kier alpha value is -1.82. The lowest BCUT2D eigenvalue weighted by atomic mass is 10.1. The summed E-state index contributed by atoms with van der Waals surface area (Å²) in [5.74, 6) is 1.11. The van der Waals surface area contributed by atoms with Crippen molar-refractivity contribution in [2.24, 2.45) is 0 Å². The van der Waals surface area contributed by atoms with Crippen molar-refractivity contribution in [1.82, 2.24) is 9.97 Å². The third kappa shape index (κ3) is 3.10. The van der Waals surface area contributed by atoms with Crippen LogP contribution in [0.15, 0.2) is 29.4 Å². The van der Waals surface area contributed by atoms with Crippen LogP contribution in [0.5, 0.6) is 0 Å². The van der Waals surface area contributed by atoms with E-state index in [-0.39, 0.29) is 5.82 Å². The Bertz CT molecular complexity index is 554. The molecule has 0 bridgehead atoms. The number of hydrogen-bond donors (Lipinski definition) is 2. The van der Waals surface area contributed by atoms with Crippen molar-refractivity contribution in [3.8, 4) is 0 Å². The average molecular weight is 264 g/mol. The van der Waals surface area contributed by atoms with Gasteiger partial charge in [0.25, 0.3) is 0 Å². The van der Waals surface area contributed by atoms with E-state index in [0.717, 1.165) is 11.1 Å². The molecule has 1 aromatic carbocycles. The SMILES string of the molecule is Cc1cc(F)ccc1CSc1nc(N)cc(N)n1. The van der Waals surface area contributed by atoms with Crippen molar-refractivity contribution in [3.05, 3.63) is 41.2 Å². The van der Waals surface area contributed by atoms with Gasteiger partial charge < -0.3 is 11.5 Å². The minimum atomic E-state index is -0.231. The summed E-state index contributed by atoms with van der Waals surface area (Å²) in [7, 11) is 0. The standard InChI is InChI=1S/C12H13FN4S/c1-7-4-9(13)3-2-8(7)6-18-12-16-10(14)5-11(15)17-12/h2-5H,6H2,1H3,(H4,14,15,16,17). The average Bonchev–Trinajstić information content (AvgIpc) is 2.26. The molecule has 0 amide bonds. The van der Waals surface area contributed by atoms with E-state index in [1.807, 2.05) is 6.92 Å².